The first-order valence-electron chi connectivity index (χ1n) is 9.31. The second-order valence-corrected chi connectivity index (χ2v) is 7.88. The fraction of sp³-hybridized carbons (Fsp3) is 0.600. The van der Waals surface area contributed by atoms with Crippen LogP contribution in [0, 0.1) is 11.8 Å². The molecule has 1 aromatic carbocycles. The Morgan fingerprint density at radius 1 is 1.15 bits per heavy atom. The zero-order valence-corrected chi connectivity index (χ0v) is 15.8. The van der Waals surface area contributed by atoms with E-state index in [0.717, 1.165) is 23.5 Å². The minimum absolute atomic E-state index is 0.0558. The predicted molar refractivity (Wildman–Crippen MR) is 98.4 cm³/mol. The van der Waals surface area contributed by atoms with Gasteiger partial charge >= 0.3 is 0 Å². The molecule has 6 nitrogen and oxygen atoms in total. The lowest BCUT2D eigenvalue weighted by atomic mass is 9.84. The van der Waals surface area contributed by atoms with Crippen LogP contribution in [0.2, 0.25) is 0 Å². The van der Waals surface area contributed by atoms with Gasteiger partial charge in [0.2, 0.25) is 11.8 Å². The van der Waals surface area contributed by atoms with Gasteiger partial charge < -0.3 is 20.1 Å². The summed E-state index contributed by atoms with van der Waals surface area (Å²) in [5.74, 6) is 2.16. The molecule has 6 heteroatoms. The number of rotatable bonds is 7. The molecule has 1 fully saturated rings. The molecule has 1 saturated carbocycles. The molecule has 142 valence electrons. The van der Waals surface area contributed by atoms with Crippen LogP contribution in [-0.2, 0) is 15.0 Å². The van der Waals surface area contributed by atoms with Crippen LogP contribution in [0.4, 0.5) is 0 Å². The Morgan fingerprint density at radius 2 is 1.85 bits per heavy atom. The van der Waals surface area contributed by atoms with Crippen molar-refractivity contribution >= 4 is 11.8 Å². The van der Waals surface area contributed by atoms with E-state index in [9.17, 15) is 9.59 Å². The van der Waals surface area contributed by atoms with Crippen molar-refractivity contribution < 1.29 is 19.1 Å². The van der Waals surface area contributed by atoms with E-state index < -0.39 is 0 Å². The second kappa shape index (κ2) is 7.56. The Balaban J connectivity index is 1.45. The van der Waals surface area contributed by atoms with Crippen molar-refractivity contribution in [3.63, 3.8) is 0 Å². The number of benzene rings is 1. The molecule has 0 saturated heterocycles. The predicted octanol–water partition coefficient (Wildman–Crippen LogP) is 2.01. The van der Waals surface area contributed by atoms with Crippen LogP contribution in [0.15, 0.2) is 18.2 Å². The van der Waals surface area contributed by atoms with E-state index in [4.69, 9.17) is 9.47 Å². The van der Waals surface area contributed by atoms with Gasteiger partial charge in [-0.15, -0.1) is 0 Å². The normalized spacial score (nSPS) is 21.0. The molecule has 0 spiro atoms. The molecule has 26 heavy (non-hydrogen) atoms. The summed E-state index contributed by atoms with van der Waals surface area (Å²) < 4.78 is 11.2. The Hall–Kier alpha value is -2.24. The van der Waals surface area contributed by atoms with Gasteiger partial charge in [0.25, 0.3) is 0 Å². The average molecular weight is 360 g/mol. The fourth-order valence-electron chi connectivity index (χ4n) is 3.09. The van der Waals surface area contributed by atoms with Crippen LogP contribution in [0.25, 0.3) is 0 Å². The third-order valence-electron chi connectivity index (χ3n) is 5.15. The number of fused-ring (bicyclic) bond motifs is 1. The molecular weight excluding hydrogens is 332 g/mol. The number of ether oxygens (including phenoxy) is 2. The highest BCUT2D eigenvalue weighted by molar-refractivity contribution is 5.82. The molecule has 2 aliphatic rings. The van der Waals surface area contributed by atoms with E-state index in [1.165, 1.54) is 0 Å². The topological polar surface area (TPSA) is 76.7 Å². The van der Waals surface area contributed by atoms with Crippen molar-refractivity contribution in [1.29, 1.82) is 0 Å². The summed E-state index contributed by atoms with van der Waals surface area (Å²) in [5.41, 5.74) is 0.844. The van der Waals surface area contributed by atoms with E-state index in [2.05, 4.69) is 31.4 Å². The number of carbonyl (C=O) groups is 2. The molecule has 0 unspecified atom stereocenters. The van der Waals surface area contributed by atoms with E-state index >= 15 is 0 Å². The lowest BCUT2D eigenvalue weighted by Gasteiger charge is -2.28. The summed E-state index contributed by atoms with van der Waals surface area (Å²) in [4.78, 5) is 23.8. The standard InChI is InChI=1S/C20H28N2O4/c1-13-10-15(13)19(24)21-7-6-18(23)22-12-20(2,3)14-4-5-16-17(11-14)26-9-8-25-16/h4-5,11,13,15H,6-10,12H2,1-3H3,(H,21,24)(H,22,23)/t13-,15-/m0/s1. The van der Waals surface area contributed by atoms with Gasteiger partial charge in [0, 0.05) is 30.8 Å². The van der Waals surface area contributed by atoms with Crippen LogP contribution < -0.4 is 20.1 Å². The van der Waals surface area contributed by atoms with Gasteiger partial charge in [-0.3, -0.25) is 9.59 Å². The Kier molecular flexibility index (Phi) is 5.39. The fourth-order valence-corrected chi connectivity index (χ4v) is 3.09. The van der Waals surface area contributed by atoms with E-state index in [1.54, 1.807) is 0 Å². The monoisotopic (exact) mass is 360 g/mol. The number of hydrogen-bond donors (Lipinski definition) is 2. The Labute approximate surface area is 154 Å². The van der Waals surface area contributed by atoms with Crippen molar-refractivity contribution in [2.45, 2.75) is 39.0 Å². The maximum absolute atomic E-state index is 12.1. The zero-order chi connectivity index (χ0) is 18.7. The summed E-state index contributed by atoms with van der Waals surface area (Å²) in [7, 11) is 0. The molecule has 0 radical (unpaired) electrons. The quantitative estimate of drug-likeness (QED) is 0.780. The summed E-state index contributed by atoms with van der Waals surface area (Å²) in [6.45, 7) is 8.25. The molecule has 2 amide bonds. The third-order valence-corrected chi connectivity index (χ3v) is 5.15. The number of carbonyl (C=O) groups excluding carboxylic acids is 2. The molecule has 1 heterocycles. The van der Waals surface area contributed by atoms with E-state index in [-0.39, 0.29) is 23.1 Å². The smallest absolute Gasteiger partial charge is 0.223 e. The lowest BCUT2D eigenvalue weighted by molar-refractivity contribution is -0.123. The minimum atomic E-state index is -0.238. The van der Waals surface area contributed by atoms with Crippen LogP contribution in [0.3, 0.4) is 0 Å². The highest BCUT2D eigenvalue weighted by Crippen LogP contribution is 2.37. The summed E-state index contributed by atoms with van der Waals surface area (Å²) in [6, 6.07) is 5.91. The molecule has 0 aromatic heterocycles. The number of nitrogens with one attached hydrogen (secondary N) is 2. The highest BCUT2D eigenvalue weighted by Gasteiger charge is 2.38. The van der Waals surface area contributed by atoms with Gasteiger partial charge in [-0.05, 0) is 30.0 Å². The number of amides is 2. The first-order chi connectivity index (χ1) is 12.4. The second-order valence-electron chi connectivity index (χ2n) is 7.88. The van der Waals surface area contributed by atoms with E-state index in [0.29, 0.717) is 38.6 Å². The molecule has 3 rings (SSSR count). The van der Waals surface area contributed by atoms with Crippen molar-refractivity contribution in [2.75, 3.05) is 26.3 Å². The van der Waals surface area contributed by atoms with E-state index in [1.807, 2.05) is 18.2 Å². The highest BCUT2D eigenvalue weighted by atomic mass is 16.6. The van der Waals surface area contributed by atoms with Crippen molar-refractivity contribution in [2.24, 2.45) is 11.8 Å². The van der Waals surface area contributed by atoms with Crippen LogP contribution in [0.5, 0.6) is 11.5 Å². The molecule has 0 bridgehead atoms. The molecule has 1 aliphatic heterocycles. The summed E-state index contributed by atoms with van der Waals surface area (Å²) in [5, 5.41) is 5.81. The van der Waals surface area contributed by atoms with Crippen LogP contribution in [0.1, 0.15) is 39.2 Å². The Bertz CT molecular complexity index is 686. The first-order valence-corrected chi connectivity index (χ1v) is 9.31. The average Bonchev–Trinajstić information content (AvgIpc) is 3.36. The van der Waals surface area contributed by atoms with Crippen LogP contribution >= 0.6 is 0 Å². The van der Waals surface area contributed by atoms with Gasteiger partial charge in [0.05, 0.1) is 0 Å². The maximum atomic E-state index is 12.1. The molecular formula is C20H28N2O4. The van der Waals surface area contributed by atoms with Crippen LogP contribution in [-0.4, -0.2) is 38.1 Å². The van der Waals surface area contributed by atoms with Gasteiger partial charge in [-0.1, -0.05) is 26.8 Å². The Morgan fingerprint density at radius 3 is 2.54 bits per heavy atom. The lowest BCUT2D eigenvalue weighted by Crippen LogP contribution is -2.38. The molecule has 1 aromatic rings. The molecule has 2 N–H and O–H groups in total. The van der Waals surface area contributed by atoms with Crippen molar-refractivity contribution in [3.8, 4) is 11.5 Å². The molecule has 1 aliphatic carbocycles. The van der Waals surface area contributed by atoms with Crippen molar-refractivity contribution in [1.82, 2.24) is 10.6 Å². The zero-order valence-electron chi connectivity index (χ0n) is 15.8. The number of hydrogen-bond acceptors (Lipinski definition) is 4. The summed E-state index contributed by atoms with van der Waals surface area (Å²) >= 11 is 0. The minimum Gasteiger partial charge on any atom is -0.486 e. The van der Waals surface area contributed by atoms with Crippen molar-refractivity contribution in [3.05, 3.63) is 23.8 Å². The maximum Gasteiger partial charge on any atom is 0.223 e. The van der Waals surface area contributed by atoms with Gasteiger partial charge in [-0.25, -0.2) is 0 Å². The first kappa shape index (κ1) is 18.5. The summed E-state index contributed by atoms with van der Waals surface area (Å²) in [6.07, 6.45) is 1.26. The largest absolute Gasteiger partial charge is 0.486 e. The SMILES string of the molecule is C[C@H]1C[C@@H]1C(=O)NCCC(=O)NCC(C)(C)c1ccc2c(c1)OCCO2. The van der Waals surface area contributed by atoms with Gasteiger partial charge in [0.1, 0.15) is 13.2 Å². The molecule has 2 atom stereocenters. The van der Waals surface area contributed by atoms with Gasteiger partial charge in [-0.2, -0.15) is 0 Å². The van der Waals surface area contributed by atoms with Gasteiger partial charge in [0.15, 0.2) is 11.5 Å². The third kappa shape index (κ3) is 4.48.